The summed E-state index contributed by atoms with van der Waals surface area (Å²) in [7, 11) is 0. The Morgan fingerprint density at radius 2 is 2.00 bits per heavy atom. The predicted octanol–water partition coefficient (Wildman–Crippen LogP) is 2.95. The number of hydrogen-bond acceptors (Lipinski definition) is 6. The van der Waals surface area contributed by atoms with Crippen molar-refractivity contribution < 1.29 is 14.5 Å². The fourth-order valence-electron chi connectivity index (χ4n) is 1.76. The molecule has 1 aromatic carbocycles. The maximum atomic E-state index is 11.7. The van der Waals surface area contributed by atoms with Crippen LogP contribution in [0.25, 0.3) is 0 Å². The Morgan fingerprint density at radius 3 is 2.61 bits per heavy atom. The van der Waals surface area contributed by atoms with E-state index in [0.717, 1.165) is 10.0 Å². The number of ether oxygens (including phenoxy) is 1. The predicted molar refractivity (Wildman–Crippen MR) is 88.2 cm³/mol. The molecule has 0 saturated heterocycles. The minimum absolute atomic E-state index is 0.0727. The SMILES string of the molecule is O=C(Cc1ccc(Br)cc1)OCCNc1ccc([N+](=O)[O-])cn1. The van der Waals surface area contributed by atoms with E-state index in [-0.39, 0.29) is 24.7 Å². The van der Waals surface area contributed by atoms with Gasteiger partial charge in [0.05, 0.1) is 17.9 Å². The molecule has 0 bridgehead atoms. The van der Waals surface area contributed by atoms with Crippen molar-refractivity contribution in [1.82, 2.24) is 4.98 Å². The number of aromatic nitrogens is 1. The maximum Gasteiger partial charge on any atom is 0.310 e. The van der Waals surface area contributed by atoms with Gasteiger partial charge in [0.25, 0.3) is 5.69 Å². The number of nitro groups is 1. The summed E-state index contributed by atoms with van der Waals surface area (Å²) in [5.41, 5.74) is 0.805. The summed E-state index contributed by atoms with van der Waals surface area (Å²) in [4.78, 5) is 25.6. The third-order valence-electron chi connectivity index (χ3n) is 2.89. The molecule has 0 aliphatic heterocycles. The van der Waals surface area contributed by atoms with Crippen LogP contribution in [-0.4, -0.2) is 29.0 Å². The van der Waals surface area contributed by atoms with Gasteiger partial charge in [-0.2, -0.15) is 0 Å². The Bertz CT molecular complexity index is 674. The van der Waals surface area contributed by atoms with Crippen LogP contribution in [0.1, 0.15) is 5.56 Å². The van der Waals surface area contributed by atoms with Crippen LogP contribution in [0.4, 0.5) is 11.5 Å². The highest BCUT2D eigenvalue weighted by atomic mass is 79.9. The first-order valence-electron chi connectivity index (χ1n) is 6.79. The van der Waals surface area contributed by atoms with Crippen LogP contribution in [0, 0.1) is 10.1 Å². The van der Waals surface area contributed by atoms with Crippen molar-refractivity contribution >= 4 is 33.4 Å². The molecule has 1 heterocycles. The Kier molecular flexibility index (Phi) is 6.04. The number of nitrogens with zero attached hydrogens (tertiary/aromatic N) is 2. The van der Waals surface area contributed by atoms with Crippen LogP contribution in [0.15, 0.2) is 47.1 Å². The second-order valence-corrected chi connectivity index (χ2v) is 5.52. The van der Waals surface area contributed by atoms with E-state index >= 15 is 0 Å². The molecular weight excluding hydrogens is 366 g/mol. The number of pyridine rings is 1. The number of carbonyl (C=O) groups is 1. The summed E-state index contributed by atoms with van der Waals surface area (Å²) in [6, 6.07) is 10.3. The second-order valence-electron chi connectivity index (χ2n) is 4.61. The van der Waals surface area contributed by atoms with Gasteiger partial charge in [0.1, 0.15) is 18.6 Å². The largest absolute Gasteiger partial charge is 0.464 e. The van der Waals surface area contributed by atoms with Gasteiger partial charge in [-0.1, -0.05) is 28.1 Å². The third-order valence-corrected chi connectivity index (χ3v) is 3.42. The van der Waals surface area contributed by atoms with Crippen LogP contribution >= 0.6 is 15.9 Å². The van der Waals surface area contributed by atoms with E-state index < -0.39 is 4.92 Å². The second kappa shape index (κ2) is 8.23. The first-order valence-corrected chi connectivity index (χ1v) is 7.58. The number of nitrogens with one attached hydrogen (secondary N) is 1. The average molecular weight is 380 g/mol. The number of anilines is 1. The van der Waals surface area contributed by atoms with Gasteiger partial charge in [-0.15, -0.1) is 0 Å². The number of benzene rings is 1. The summed E-state index contributed by atoms with van der Waals surface area (Å²) >= 11 is 3.33. The van der Waals surface area contributed by atoms with Gasteiger partial charge < -0.3 is 10.1 Å². The number of halogens is 1. The Labute approximate surface area is 141 Å². The van der Waals surface area contributed by atoms with Gasteiger partial charge in [-0.25, -0.2) is 4.98 Å². The minimum atomic E-state index is -0.513. The van der Waals surface area contributed by atoms with Crippen molar-refractivity contribution in [2.24, 2.45) is 0 Å². The molecule has 1 aromatic heterocycles. The van der Waals surface area contributed by atoms with Gasteiger partial charge in [-0.3, -0.25) is 14.9 Å². The van der Waals surface area contributed by atoms with E-state index in [4.69, 9.17) is 4.74 Å². The standard InChI is InChI=1S/C15H14BrN3O4/c16-12-3-1-11(2-4-12)9-15(20)23-8-7-17-14-6-5-13(10-18-14)19(21)22/h1-6,10H,7-9H2,(H,17,18). The molecule has 120 valence electrons. The first kappa shape index (κ1) is 16.9. The first-order chi connectivity index (χ1) is 11.0. The molecule has 0 radical (unpaired) electrons. The lowest BCUT2D eigenvalue weighted by Gasteiger charge is -2.07. The zero-order valence-electron chi connectivity index (χ0n) is 12.1. The van der Waals surface area contributed by atoms with E-state index in [2.05, 4.69) is 26.2 Å². The molecule has 0 fully saturated rings. The van der Waals surface area contributed by atoms with Crippen molar-refractivity contribution in [1.29, 1.82) is 0 Å². The van der Waals surface area contributed by atoms with Crippen LogP contribution < -0.4 is 5.32 Å². The Hall–Kier alpha value is -2.48. The van der Waals surface area contributed by atoms with Crippen molar-refractivity contribution in [2.75, 3.05) is 18.5 Å². The molecule has 0 amide bonds. The van der Waals surface area contributed by atoms with Crippen molar-refractivity contribution in [3.8, 4) is 0 Å². The van der Waals surface area contributed by atoms with Crippen molar-refractivity contribution in [3.63, 3.8) is 0 Å². The Balaban J connectivity index is 1.69. The van der Waals surface area contributed by atoms with Crippen LogP contribution in [0.2, 0.25) is 0 Å². The highest BCUT2D eigenvalue weighted by Crippen LogP contribution is 2.12. The van der Waals surface area contributed by atoms with Crippen LogP contribution in [0.3, 0.4) is 0 Å². The van der Waals surface area contributed by atoms with Gasteiger partial charge in [0.15, 0.2) is 0 Å². The molecule has 23 heavy (non-hydrogen) atoms. The fraction of sp³-hybridized carbons (Fsp3) is 0.200. The lowest BCUT2D eigenvalue weighted by molar-refractivity contribution is -0.385. The quantitative estimate of drug-likeness (QED) is 0.344. The third kappa shape index (κ3) is 5.67. The number of rotatable bonds is 7. The van der Waals surface area contributed by atoms with E-state index in [9.17, 15) is 14.9 Å². The van der Waals surface area contributed by atoms with Crippen LogP contribution in [0.5, 0.6) is 0 Å². The number of hydrogen-bond donors (Lipinski definition) is 1. The molecule has 0 atom stereocenters. The van der Waals surface area contributed by atoms with Gasteiger partial charge in [0, 0.05) is 10.5 Å². The smallest absolute Gasteiger partial charge is 0.310 e. The normalized spacial score (nSPS) is 10.1. The highest BCUT2D eigenvalue weighted by molar-refractivity contribution is 9.10. The molecule has 0 aliphatic carbocycles. The summed E-state index contributed by atoms with van der Waals surface area (Å²) in [6.45, 7) is 0.560. The molecule has 0 spiro atoms. The number of carbonyl (C=O) groups excluding carboxylic acids is 1. The molecule has 2 aromatic rings. The highest BCUT2D eigenvalue weighted by Gasteiger charge is 2.06. The molecule has 1 N–H and O–H groups in total. The summed E-state index contributed by atoms with van der Waals surface area (Å²) < 4.78 is 6.06. The van der Waals surface area contributed by atoms with Gasteiger partial charge >= 0.3 is 5.97 Å². The summed E-state index contributed by atoms with van der Waals surface area (Å²) in [6.07, 6.45) is 1.38. The molecular formula is C15H14BrN3O4. The van der Waals surface area contributed by atoms with E-state index in [1.165, 1.54) is 18.3 Å². The Morgan fingerprint density at radius 1 is 1.26 bits per heavy atom. The monoisotopic (exact) mass is 379 g/mol. The molecule has 7 nitrogen and oxygen atoms in total. The van der Waals surface area contributed by atoms with E-state index in [0.29, 0.717) is 12.4 Å². The zero-order chi connectivity index (χ0) is 16.7. The van der Waals surface area contributed by atoms with Crippen LogP contribution in [-0.2, 0) is 16.0 Å². The summed E-state index contributed by atoms with van der Waals surface area (Å²) in [5.74, 6) is 0.172. The molecule has 0 unspecified atom stereocenters. The fourth-order valence-corrected chi connectivity index (χ4v) is 2.03. The van der Waals surface area contributed by atoms with Gasteiger partial charge in [-0.05, 0) is 23.8 Å². The molecule has 8 heteroatoms. The van der Waals surface area contributed by atoms with Gasteiger partial charge in [0.2, 0.25) is 0 Å². The molecule has 2 rings (SSSR count). The lowest BCUT2D eigenvalue weighted by atomic mass is 10.2. The topological polar surface area (TPSA) is 94.4 Å². The van der Waals surface area contributed by atoms with Crippen molar-refractivity contribution in [2.45, 2.75) is 6.42 Å². The minimum Gasteiger partial charge on any atom is -0.464 e. The zero-order valence-corrected chi connectivity index (χ0v) is 13.7. The average Bonchev–Trinajstić information content (AvgIpc) is 2.54. The maximum absolute atomic E-state index is 11.7. The summed E-state index contributed by atoms with van der Waals surface area (Å²) in [5, 5.41) is 13.4. The number of esters is 1. The van der Waals surface area contributed by atoms with Crippen molar-refractivity contribution in [3.05, 3.63) is 62.7 Å². The van der Waals surface area contributed by atoms with E-state index in [1.807, 2.05) is 24.3 Å². The lowest BCUT2D eigenvalue weighted by Crippen LogP contribution is -2.15. The van der Waals surface area contributed by atoms with E-state index in [1.54, 1.807) is 0 Å². The molecule has 0 saturated carbocycles. The molecule has 0 aliphatic rings.